The van der Waals surface area contributed by atoms with E-state index in [1.807, 2.05) is 26.0 Å². The number of allylic oxidation sites excluding steroid dienone is 5. The second-order valence-corrected chi connectivity index (χ2v) is 16.4. The van der Waals surface area contributed by atoms with Crippen molar-refractivity contribution in [2.75, 3.05) is 18.9 Å². The Morgan fingerprint density at radius 2 is 1.63 bits per heavy atom. The molecule has 0 fully saturated rings. The minimum absolute atomic E-state index is 0.122. The Labute approximate surface area is 306 Å². The third-order valence-corrected chi connectivity index (χ3v) is 12.7. The van der Waals surface area contributed by atoms with Gasteiger partial charge in [0.15, 0.2) is 0 Å². The maximum Gasteiger partial charge on any atom is 0.295 e. The Bertz CT molecular complexity index is 2700. The molecule has 0 amide bonds. The molecule has 4 aromatic carbocycles. The van der Waals surface area contributed by atoms with Crippen LogP contribution in [0.2, 0.25) is 0 Å². The van der Waals surface area contributed by atoms with Crippen LogP contribution in [0.15, 0.2) is 105 Å². The summed E-state index contributed by atoms with van der Waals surface area (Å²) >= 11 is 1.62. The van der Waals surface area contributed by atoms with Crippen molar-refractivity contribution < 1.29 is 40.0 Å². The van der Waals surface area contributed by atoms with E-state index in [0.717, 1.165) is 79.3 Å². The fraction of sp³-hybridized carbons (Fsp3) is 0.231. The van der Waals surface area contributed by atoms with E-state index in [2.05, 4.69) is 33.4 Å². The second kappa shape index (κ2) is 14.1. The van der Waals surface area contributed by atoms with Gasteiger partial charge in [-0.2, -0.15) is 13.0 Å². The topological polar surface area (TPSA) is 146 Å². The highest BCUT2D eigenvalue weighted by molar-refractivity contribution is 8.03. The summed E-state index contributed by atoms with van der Waals surface area (Å²) < 4.78 is 80.0. The van der Waals surface area contributed by atoms with Crippen LogP contribution in [0.4, 0.5) is 5.69 Å². The number of hydrogen-bond donors (Lipinski definition) is 1. The Balaban J connectivity index is 1.35. The van der Waals surface area contributed by atoms with Crippen molar-refractivity contribution in [3.8, 4) is 0 Å². The molecule has 0 spiro atoms. The zero-order chi connectivity index (χ0) is 36.8. The Kier molecular flexibility index (Phi) is 9.74. The summed E-state index contributed by atoms with van der Waals surface area (Å²) in [7, 11) is -9.09. The quantitative estimate of drug-likeness (QED) is 0.0643. The molecule has 0 radical (unpaired) electrons. The highest BCUT2D eigenvalue weighted by Gasteiger charge is 2.32. The number of benzene rings is 4. The number of nitrogens with zero attached hydrogens (tertiary/aromatic N) is 2. The van der Waals surface area contributed by atoms with Crippen molar-refractivity contribution in [1.29, 1.82) is 0 Å². The van der Waals surface area contributed by atoms with E-state index in [0.29, 0.717) is 36.1 Å². The Morgan fingerprint density at radius 1 is 0.904 bits per heavy atom. The average molecular weight is 757 g/mol. The van der Waals surface area contributed by atoms with Gasteiger partial charge in [-0.15, -0.1) is 11.8 Å². The number of aryl methyl sites for hydroxylation is 1. The third kappa shape index (κ3) is 6.30. The number of hydrogen-bond acceptors (Lipinski definition) is 8. The lowest BCUT2D eigenvalue weighted by Crippen LogP contribution is -2.15. The summed E-state index contributed by atoms with van der Waals surface area (Å²) in [5.41, 5.74) is 5.75. The van der Waals surface area contributed by atoms with E-state index in [4.69, 9.17) is 4.74 Å². The van der Waals surface area contributed by atoms with Gasteiger partial charge in [0.2, 0.25) is 11.4 Å². The molecule has 52 heavy (non-hydrogen) atoms. The second-order valence-electron chi connectivity index (χ2n) is 12.5. The smallest absolute Gasteiger partial charge is 0.295 e. The molecular weight excluding hydrogens is 721 g/mol. The van der Waals surface area contributed by atoms with Crippen LogP contribution in [0.25, 0.3) is 38.5 Å². The highest BCUT2D eigenvalue weighted by atomic mass is 32.2. The van der Waals surface area contributed by atoms with Gasteiger partial charge in [0.1, 0.15) is 28.2 Å². The highest BCUT2D eigenvalue weighted by Crippen LogP contribution is 2.41. The van der Waals surface area contributed by atoms with Gasteiger partial charge in [-0.1, -0.05) is 42.5 Å². The van der Waals surface area contributed by atoms with Gasteiger partial charge >= 0.3 is 0 Å². The molecular formula is C39H36N2O8S3. The molecule has 0 atom stereocenters. The summed E-state index contributed by atoms with van der Waals surface area (Å²) in [6.45, 7) is 6.03. The van der Waals surface area contributed by atoms with Crippen molar-refractivity contribution in [2.45, 2.75) is 49.4 Å². The van der Waals surface area contributed by atoms with E-state index < -0.39 is 20.2 Å². The van der Waals surface area contributed by atoms with Crippen LogP contribution >= 0.6 is 11.8 Å². The molecule has 1 aliphatic carbocycles. The lowest BCUT2D eigenvalue weighted by Gasteiger charge is -2.21. The van der Waals surface area contributed by atoms with Gasteiger partial charge in [0.25, 0.3) is 16.6 Å². The van der Waals surface area contributed by atoms with Crippen molar-refractivity contribution in [3.05, 3.63) is 106 Å². The molecule has 7 rings (SSSR count). The first kappa shape index (κ1) is 35.9. The molecule has 2 heterocycles. The summed E-state index contributed by atoms with van der Waals surface area (Å²) in [5, 5.41) is 4.16. The summed E-state index contributed by atoms with van der Waals surface area (Å²) in [4.78, 5) is 11.6. The van der Waals surface area contributed by atoms with Crippen molar-refractivity contribution in [1.82, 2.24) is 4.57 Å². The Hall–Kier alpha value is -4.53. The molecule has 2 aliphatic rings. The van der Waals surface area contributed by atoms with E-state index in [9.17, 15) is 30.7 Å². The van der Waals surface area contributed by atoms with E-state index in [1.54, 1.807) is 48.2 Å². The largest absolute Gasteiger partial charge is 0.744 e. The van der Waals surface area contributed by atoms with Gasteiger partial charge in [-0.3, -0.25) is 9.35 Å². The van der Waals surface area contributed by atoms with Gasteiger partial charge in [-0.25, -0.2) is 8.42 Å². The number of rotatable bonds is 12. The SMILES string of the molecule is CCn1c(=CC=C2CCCC(C=CC3=[N+](CC)c4ccc(S(=O)(=O)O)c5cccc3c45)=C2SCCOC=O)c2cccc3c(S(=O)(=O)[O-])ccc1c32. The predicted octanol–water partition coefficient (Wildman–Crippen LogP) is 6.61. The van der Waals surface area contributed by atoms with Crippen LogP contribution in [-0.4, -0.2) is 66.2 Å². The van der Waals surface area contributed by atoms with Gasteiger partial charge in [0, 0.05) is 61.8 Å². The lowest BCUT2D eigenvalue weighted by molar-refractivity contribution is -0.430. The molecule has 13 heteroatoms. The van der Waals surface area contributed by atoms with Crippen LogP contribution in [0.1, 0.15) is 38.7 Å². The van der Waals surface area contributed by atoms with E-state index in [-0.39, 0.29) is 16.4 Å². The number of aromatic nitrogens is 1. The normalized spacial score (nSPS) is 16.5. The maximum absolute atomic E-state index is 12.2. The minimum Gasteiger partial charge on any atom is -0.744 e. The first-order valence-corrected chi connectivity index (χ1v) is 20.8. The maximum atomic E-state index is 12.2. The number of carbonyl (C=O) groups is 1. The zero-order valence-corrected chi connectivity index (χ0v) is 31.0. The first-order chi connectivity index (χ1) is 25.0. The number of thioether (sulfide) groups is 1. The third-order valence-electron chi connectivity index (χ3n) is 9.73. The molecule has 5 aromatic rings. The molecule has 1 aliphatic heterocycles. The summed E-state index contributed by atoms with van der Waals surface area (Å²) in [6.07, 6.45) is 10.9. The van der Waals surface area contributed by atoms with Crippen molar-refractivity contribution in [3.63, 3.8) is 0 Å². The van der Waals surface area contributed by atoms with Crippen molar-refractivity contribution >= 4 is 88.4 Å². The first-order valence-electron chi connectivity index (χ1n) is 17.0. The molecule has 0 saturated heterocycles. The van der Waals surface area contributed by atoms with Gasteiger partial charge in [0.05, 0.1) is 15.8 Å². The molecule has 1 N–H and O–H groups in total. The molecule has 0 unspecified atom stereocenters. The lowest BCUT2D eigenvalue weighted by atomic mass is 9.93. The molecule has 0 saturated carbocycles. The van der Waals surface area contributed by atoms with Crippen LogP contribution in [-0.2, 0) is 36.3 Å². The monoisotopic (exact) mass is 756 g/mol. The zero-order valence-electron chi connectivity index (χ0n) is 28.5. The number of carbonyl (C=O) groups excluding carboxylic acids is 1. The molecule has 268 valence electrons. The van der Waals surface area contributed by atoms with Crippen LogP contribution in [0, 0.1) is 0 Å². The van der Waals surface area contributed by atoms with E-state index in [1.165, 1.54) is 12.1 Å². The standard InChI is InChI=1S/C39H36N2O8S3/c1-3-40-31(27-10-6-12-29-35(51(43,44)45)20-18-33(40)37(27)29)16-14-25-8-5-9-26(39(25)50-23-22-49-24-42)15-17-32-28-11-7-13-30-36(52(46,47)48)21-19-34(38(28)30)41(32)4-2/h6-7,10-21,24H,3-5,8-9,22-23H2,1-2H3,(H-,43,44,45,46,47,48). The van der Waals surface area contributed by atoms with Crippen LogP contribution in [0.5, 0.6) is 0 Å². The predicted molar refractivity (Wildman–Crippen MR) is 204 cm³/mol. The fourth-order valence-corrected chi connectivity index (χ4v) is 10.1. The van der Waals surface area contributed by atoms with Gasteiger partial charge in [-0.05, 0) is 74.6 Å². The molecule has 10 nitrogen and oxygen atoms in total. The van der Waals surface area contributed by atoms with Crippen LogP contribution < -0.4 is 5.35 Å². The minimum atomic E-state index is -4.67. The van der Waals surface area contributed by atoms with Gasteiger partial charge < -0.3 is 13.9 Å². The molecule has 1 aromatic heterocycles. The molecule has 0 bridgehead atoms. The Morgan fingerprint density at radius 3 is 2.35 bits per heavy atom. The fourth-order valence-electron chi connectivity index (χ4n) is 7.64. The summed E-state index contributed by atoms with van der Waals surface area (Å²) in [6, 6.07) is 17.2. The number of ether oxygens (including phenoxy) is 1. The van der Waals surface area contributed by atoms with Crippen molar-refractivity contribution in [2.24, 2.45) is 0 Å². The average Bonchev–Trinajstić information content (AvgIpc) is 3.60. The van der Waals surface area contributed by atoms with E-state index >= 15 is 0 Å². The summed E-state index contributed by atoms with van der Waals surface area (Å²) in [5.74, 6) is 0.554. The van der Waals surface area contributed by atoms with Crippen LogP contribution in [0.3, 0.4) is 0 Å².